The number of hydrogen-bond donors (Lipinski definition) is 3. The van der Waals surface area contributed by atoms with E-state index in [1.54, 1.807) is 0 Å². The fourth-order valence-corrected chi connectivity index (χ4v) is 4.12. The topological polar surface area (TPSA) is 97.6 Å². The summed E-state index contributed by atoms with van der Waals surface area (Å²) in [5.74, 6) is 0. The third-order valence-corrected chi connectivity index (χ3v) is 5.97. The van der Waals surface area contributed by atoms with Crippen LogP contribution in [0.25, 0.3) is 0 Å². The second kappa shape index (κ2) is 12.9. The Bertz CT molecular complexity index is 986. The standard InChI is InChI=1S/C28H32O7/c29-16-23(30)24-25(32-17-20-10-4-1-5-11-20)26(33-18-21-12-6-2-7-13-21)27(28(31)35-24)34-19-22-14-8-3-9-15-22/h1-15,23-31H,16-19H2/t23?,24?,25-,26?,27?,28+/m1/s1. The van der Waals surface area contributed by atoms with Gasteiger partial charge >= 0.3 is 0 Å². The van der Waals surface area contributed by atoms with E-state index in [1.165, 1.54) is 0 Å². The Labute approximate surface area is 205 Å². The fraction of sp³-hybridized carbons (Fsp3) is 0.357. The van der Waals surface area contributed by atoms with Crippen LogP contribution >= 0.6 is 0 Å². The van der Waals surface area contributed by atoms with Gasteiger partial charge in [-0.2, -0.15) is 0 Å². The number of hydrogen-bond acceptors (Lipinski definition) is 7. The summed E-state index contributed by atoms with van der Waals surface area (Å²) < 4.78 is 24.3. The van der Waals surface area contributed by atoms with Crippen molar-refractivity contribution in [3.63, 3.8) is 0 Å². The van der Waals surface area contributed by atoms with E-state index in [2.05, 4.69) is 0 Å². The molecule has 1 fully saturated rings. The largest absolute Gasteiger partial charge is 0.394 e. The van der Waals surface area contributed by atoms with Crippen LogP contribution < -0.4 is 0 Å². The van der Waals surface area contributed by atoms with Crippen molar-refractivity contribution in [3.8, 4) is 0 Å². The molecule has 7 heteroatoms. The van der Waals surface area contributed by atoms with Crippen molar-refractivity contribution in [2.45, 2.75) is 56.6 Å². The van der Waals surface area contributed by atoms with Gasteiger partial charge in [-0.25, -0.2) is 0 Å². The molecule has 1 saturated heterocycles. The lowest BCUT2D eigenvalue weighted by atomic mass is 9.94. The van der Waals surface area contributed by atoms with Gasteiger partial charge in [-0.05, 0) is 16.7 Å². The zero-order valence-electron chi connectivity index (χ0n) is 19.4. The molecule has 0 spiro atoms. The van der Waals surface area contributed by atoms with Crippen molar-refractivity contribution in [1.29, 1.82) is 0 Å². The number of ether oxygens (including phenoxy) is 4. The average molecular weight is 481 g/mol. The molecule has 0 aliphatic carbocycles. The minimum Gasteiger partial charge on any atom is -0.394 e. The monoisotopic (exact) mass is 480 g/mol. The maximum atomic E-state index is 10.9. The lowest BCUT2D eigenvalue weighted by Crippen LogP contribution is -2.63. The first-order chi connectivity index (χ1) is 17.2. The molecule has 4 rings (SSSR count). The fourth-order valence-electron chi connectivity index (χ4n) is 4.12. The highest BCUT2D eigenvalue weighted by Crippen LogP contribution is 2.31. The van der Waals surface area contributed by atoms with Crippen LogP contribution in [0.5, 0.6) is 0 Å². The second-order valence-corrected chi connectivity index (χ2v) is 8.52. The maximum absolute atomic E-state index is 10.9. The summed E-state index contributed by atoms with van der Waals surface area (Å²) in [4.78, 5) is 0. The minimum absolute atomic E-state index is 0.232. The third-order valence-electron chi connectivity index (χ3n) is 5.97. The summed E-state index contributed by atoms with van der Waals surface area (Å²) in [6.07, 6.45) is -6.16. The van der Waals surface area contributed by atoms with Gasteiger partial charge in [0.25, 0.3) is 0 Å². The molecule has 0 radical (unpaired) electrons. The van der Waals surface area contributed by atoms with Gasteiger partial charge in [0.15, 0.2) is 6.29 Å². The Kier molecular flexibility index (Phi) is 9.39. The van der Waals surface area contributed by atoms with Crippen molar-refractivity contribution in [2.75, 3.05) is 6.61 Å². The highest BCUT2D eigenvalue weighted by Gasteiger charge is 2.50. The molecule has 4 unspecified atom stereocenters. The van der Waals surface area contributed by atoms with E-state index >= 15 is 0 Å². The molecule has 3 N–H and O–H groups in total. The quantitative estimate of drug-likeness (QED) is 0.388. The van der Waals surface area contributed by atoms with Crippen molar-refractivity contribution in [2.24, 2.45) is 0 Å². The van der Waals surface area contributed by atoms with Gasteiger partial charge in [0.2, 0.25) is 0 Å². The zero-order chi connectivity index (χ0) is 24.5. The van der Waals surface area contributed by atoms with E-state index in [-0.39, 0.29) is 19.8 Å². The summed E-state index contributed by atoms with van der Waals surface area (Å²) in [7, 11) is 0. The Morgan fingerprint density at radius 2 is 1.03 bits per heavy atom. The smallest absolute Gasteiger partial charge is 0.184 e. The molecule has 7 nitrogen and oxygen atoms in total. The molecule has 6 atom stereocenters. The summed E-state index contributed by atoms with van der Waals surface area (Å²) in [5.41, 5.74) is 2.80. The number of rotatable bonds is 11. The van der Waals surface area contributed by atoms with Gasteiger partial charge in [0.1, 0.15) is 30.5 Å². The van der Waals surface area contributed by atoms with Gasteiger partial charge in [-0.1, -0.05) is 91.0 Å². The molecule has 0 bridgehead atoms. The molecule has 1 aliphatic heterocycles. The predicted octanol–water partition coefficient (Wildman–Crippen LogP) is 2.81. The van der Waals surface area contributed by atoms with Gasteiger partial charge in [-0.3, -0.25) is 0 Å². The van der Waals surface area contributed by atoms with Gasteiger partial charge in [0.05, 0.1) is 26.4 Å². The molecule has 1 aliphatic rings. The molecular formula is C28H32O7. The first kappa shape index (κ1) is 25.5. The van der Waals surface area contributed by atoms with E-state index in [9.17, 15) is 15.3 Å². The Morgan fingerprint density at radius 3 is 1.46 bits per heavy atom. The molecular weight excluding hydrogens is 448 g/mol. The van der Waals surface area contributed by atoms with E-state index in [4.69, 9.17) is 18.9 Å². The maximum Gasteiger partial charge on any atom is 0.184 e. The Balaban J connectivity index is 1.58. The molecule has 3 aromatic rings. The van der Waals surface area contributed by atoms with Crippen molar-refractivity contribution >= 4 is 0 Å². The van der Waals surface area contributed by atoms with E-state index in [0.717, 1.165) is 16.7 Å². The molecule has 0 saturated carbocycles. The van der Waals surface area contributed by atoms with Crippen molar-refractivity contribution in [1.82, 2.24) is 0 Å². The molecule has 186 valence electrons. The molecule has 0 aromatic heterocycles. The van der Waals surface area contributed by atoms with Gasteiger partial charge in [0, 0.05) is 0 Å². The van der Waals surface area contributed by atoms with Crippen LogP contribution in [0.15, 0.2) is 91.0 Å². The molecule has 0 amide bonds. The van der Waals surface area contributed by atoms with Crippen LogP contribution in [-0.4, -0.2) is 58.7 Å². The SMILES string of the molecule is OCC(O)C1O[C@H](O)C(OCc2ccccc2)C(OCc2ccccc2)[C@@H]1OCc1ccccc1. The summed E-state index contributed by atoms with van der Waals surface area (Å²) in [5, 5.41) is 31.0. The zero-order valence-corrected chi connectivity index (χ0v) is 19.4. The van der Waals surface area contributed by atoms with Gasteiger partial charge in [-0.15, -0.1) is 0 Å². The first-order valence-electron chi connectivity index (χ1n) is 11.7. The lowest BCUT2D eigenvalue weighted by Gasteiger charge is -2.45. The number of aliphatic hydroxyl groups is 3. The summed E-state index contributed by atoms with van der Waals surface area (Å²) >= 11 is 0. The molecule has 35 heavy (non-hydrogen) atoms. The lowest BCUT2D eigenvalue weighted by molar-refractivity contribution is -0.325. The second-order valence-electron chi connectivity index (χ2n) is 8.52. The van der Waals surface area contributed by atoms with Crippen LogP contribution in [0.1, 0.15) is 16.7 Å². The van der Waals surface area contributed by atoms with Crippen molar-refractivity contribution in [3.05, 3.63) is 108 Å². The van der Waals surface area contributed by atoms with Crippen LogP contribution in [0, 0.1) is 0 Å². The minimum atomic E-state index is -1.39. The van der Waals surface area contributed by atoms with E-state index < -0.39 is 43.4 Å². The average Bonchev–Trinajstić information content (AvgIpc) is 2.91. The van der Waals surface area contributed by atoms with Crippen LogP contribution in [0.3, 0.4) is 0 Å². The van der Waals surface area contributed by atoms with Crippen LogP contribution in [0.4, 0.5) is 0 Å². The Hall–Kier alpha value is -2.62. The Morgan fingerprint density at radius 1 is 0.629 bits per heavy atom. The van der Waals surface area contributed by atoms with E-state index in [0.29, 0.717) is 0 Å². The predicted molar refractivity (Wildman–Crippen MR) is 129 cm³/mol. The van der Waals surface area contributed by atoms with Crippen molar-refractivity contribution < 1.29 is 34.3 Å². The highest BCUT2D eigenvalue weighted by atomic mass is 16.7. The number of benzene rings is 3. The molecule has 1 heterocycles. The van der Waals surface area contributed by atoms with Crippen LogP contribution in [-0.2, 0) is 38.8 Å². The van der Waals surface area contributed by atoms with Crippen LogP contribution in [0.2, 0.25) is 0 Å². The molecule has 3 aromatic carbocycles. The normalized spacial score (nSPS) is 25.3. The highest BCUT2D eigenvalue weighted by molar-refractivity contribution is 5.15. The van der Waals surface area contributed by atoms with E-state index in [1.807, 2.05) is 91.0 Å². The number of aliphatic hydroxyl groups excluding tert-OH is 3. The summed E-state index contributed by atoms with van der Waals surface area (Å²) in [6.45, 7) is 0.159. The first-order valence-corrected chi connectivity index (χ1v) is 11.7. The van der Waals surface area contributed by atoms with Gasteiger partial charge < -0.3 is 34.3 Å². The third kappa shape index (κ3) is 6.96. The summed E-state index contributed by atoms with van der Waals surface area (Å²) in [6, 6.07) is 28.8.